The summed E-state index contributed by atoms with van der Waals surface area (Å²) in [5.74, 6) is -0.978. The molecule has 1 aromatic carbocycles. The number of carboxylic acids is 1. The maximum atomic E-state index is 12.7. The zero-order valence-electron chi connectivity index (χ0n) is 15.2. The Bertz CT molecular complexity index is 1010. The third-order valence-electron chi connectivity index (χ3n) is 3.85. The first kappa shape index (κ1) is 20.6. The Hall–Kier alpha value is -3.11. The molecule has 8 nitrogen and oxygen atoms in total. The van der Waals surface area contributed by atoms with Gasteiger partial charge in [-0.05, 0) is 49.0 Å². The van der Waals surface area contributed by atoms with E-state index in [1.54, 1.807) is 37.3 Å². The first-order chi connectivity index (χ1) is 13.8. The van der Waals surface area contributed by atoms with Crippen molar-refractivity contribution in [1.82, 2.24) is 10.4 Å². The van der Waals surface area contributed by atoms with Crippen molar-refractivity contribution in [1.29, 1.82) is 0 Å². The van der Waals surface area contributed by atoms with Crippen LogP contribution in [0.5, 0.6) is 5.75 Å². The zero-order chi connectivity index (χ0) is 21.0. The Morgan fingerprint density at radius 2 is 2.17 bits per heavy atom. The number of carboxylic acid groups (broad SMARTS) is 1. The van der Waals surface area contributed by atoms with Crippen molar-refractivity contribution in [2.75, 3.05) is 6.61 Å². The van der Waals surface area contributed by atoms with Crippen LogP contribution in [0.25, 0.3) is 6.08 Å². The maximum Gasteiger partial charge on any atom is 0.306 e. The van der Waals surface area contributed by atoms with E-state index in [0.717, 1.165) is 16.8 Å². The number of furan rings is 1. The topological polar surface area (TPSA) is 109 Å². The number of hydrogen-bond donors (Lipinski definition) is 2. The van der Waals surface area contributed by atoms with Gasteiger partial charge in [-0.2, -0.15) is 5.01 Å². The van der Waals surface area contributed by atoms with Crippen molar-refractivity contribution in [3.8, 4) is 5.75 Å². The normalized spacial score (nSPS) is 15.1. The maximum absolute atomic E-state index is 12.7. The van der Waals surface area contributed by atoms with Gasteiger partial charge in [-0.15, -0.1) is 0 Å². The molecule has 0 saturated carbocycles. The first-order valence-electron chi connectivity index (χ1n) is 8.43. The lowest BCUT2D eigenvalue weighted by Gasteiger charge is -2.15. The Morgan fingerprint density at radius 3 is 2.86 bits per heavy atom. The van der Waals surface area contributed by atoms with Crippen molar-refractivity contribution in [2.24, 2.45) is 0 Å². The smallest absolute Gasteiger partial charge is 0.306 e. The highest BCUT2D eigenvalue weighted by Crippen LogP contribution is 2.32. The van der Waals surface area contributed by atoms with Crippen LogP contribution in [0.4, 0.5) is 0 Å². The lowest BCUT2D eigenvalue weighted by atomic mass is 10.2. The number of hydrazine groups is 1. The number of nitrogens with zero attached hydrogens (tertiary/aromatic N) is 1. The number of amides is 2. The Morgan fingerprint density at radius 1 is 1.38 bits per heavy atom. The van der Waals surface area contributed by atoms with Crippen molar-refractivity contribution < 1.29 is 28.6 Å². The molecule has 1 fully saturated rings. The minimum atomic E-state index is -0.947. The van der Waals surface area contributed by atoms with E-state index >= 15 is 0 Å². The Labute approximate surface area is 175 Å². The minimum absolute atomic E-state index is 0.0420. The van der Waals surface area contributed by atoms with Gasteiger partial charge in [0, 0.05) is 0 Å². The summed E-state index contributed by atoms with van der Waals surface area (Å²) in [6, 6.07) is 8.38. The molecule has 2 heterocycles. The predicted molar refractivity (Wildman–Crippen MR) is 110 cm³/mol. The molecular weight excluding hydrogens is 416 g/mol. The second-order valence-electron chi connectivity index (χ2n) is 5.91. The van der Waals surface area contributed by atoms with Crippen LogP contribution >= 0.6 is 24.0 Å². The van der Waals surface area contributed by atoms with Gasteiger partial charge in [0.25, 0.3) is 11.8 Å². The number of ether oxygens (including phenoxy) is 1. The molecular formula is C19H16N2O6S2. The molecule has 0 atom stereocenters. The second kappa shape index (κ2) is 8.93. The lowest BCUT2D eigenvalue weighted by Crippen LogP contribution is -2.44. The van der Waals surface area contributed by atoms with Crippen molar-refractivity contribution >= 4 is 52.2 Å². The van der Waals surface area contributed by atoms with Crippen LogP contribution < -0.4 is 10.2 Å². The fraction of sp³-hybridized carbons (Fsp3) is 0.158. The molecule has 1 aliphatic heterocycles. The van der Waals surface area contributed by atoms with E-state index in [4.69, 9.17) is 26.5 Å². The zero-order valence-corrected chi connectivity index (χ0v) is 16.8. The van der Waals surface area contributed by atoms with Gasteiger partial charge in [0.15, 0.2) is 4.32 Å². The number of thioether (sulfide) groups is 1. The fourth-order valence-corrected chi connectivity index (χ4v) is 3.63. The van der Waals surface area contributed by atoms with Gasteiger partial charge in [0.1, 0.15) is 11.5 Å². The summed E-state index contributed by atoms with van der Waals surface area (Å²) >= 11 is 6.27. The third-order valence-corrected chi connectivity index (χ3v) is 5.15. The summed E-state index contributed by atoms with van der Waals surface area (Å²) in [5, 5.41) is 9.69. The van der Waals surface area contributed by atoms with Crippen LogP contribution in [0, 0.1) is 6.92 Å². The highest BCUT2D eigenvalue weighted by Gasteiger charge is 2.34. The molecule has 1 aromatic heterocycles. The van der Waals surface area contributed by atoms with Crippen LogP contribution in [0.1, 0.15) is 28.1 Å². The molecule has 0 radical (unpaired) electrons. The molecule has 1 saturated heterocycles. The van der Waals surface area contributed by atoms with Crippen molar-refractivity contribution in [3.05, 3.63) is 58.4 Å². The van der Waals surface area contributed by atoms with Gasteiger partial charge in [-0.25, -0.2) is 0 Å². The van der Waals surface area contributed by atoms with Crippen LogP contribution in [0.3, 0.4) is 0 Å². The average Bonchev–Trinajstić information content (AvgIpc) is 3.20. The SMILES string of the molecule is Cc1occc1C(=O)NN1C(=O)/C(=C\c2cccc(OCCC(=O)O)c2)SC1=S. The number of carbonyl (C=O) groups excluding carboxylic acids is 2. The van der Waals surface area contributed by atoms with Crippen LogP contribution in [0.15, 0.2) is 45.9 Å². The predicted octanol–water partition coefficient (Wildman–Crippen LogP) is 2.99. The lowest BCUT2D eigenvalue weighted by molar-refractivity contribution is -0.137. The number of aryl methyl sites for hydroxylation is 1. The molecule has 2 amide bonds. The van der Waals surface area contributed by atoms with E-state index < -0.39 is 17.8 Å². The fourth-order valence-electron chi connectivity index (χ4n) is 2.45. The highest BCUT2D eigenvalue weighted by molar-refractivity contribution is 8.26. The summed E-state index contributed by atoms with van der Waals surface area (Å²) in [7, 11) is 0. The molecule has 29 heavy (non-hydrogen) atoms. The molecule has 150 valence electrons. The molecule has 10 heteroatoms. The van der Waals surface area contributed by atoms with E-state index in [-0.39, 0.29) is 17.3 Å². The summed E-state index contributed by atoms with van der Waals surface area (Å²) < 4.78 is 10.7. The minimum Gasteiger partial charge on any atom is -0.493 e. The van der Waals surface area contributed by atoms with Crippen LogP contribution in [-0.4, -0.2) is 38.8 Å². The van der Waals surface area contributed by atoms with Gasteiger partial charge in [0.2, 0.25) is 0 Å². The highest BCUT2D eigenvalue weighted by atomic mass is 32.2. The Kier molecular flexibility index (Phi) is 6.35. The molecule has 0 bridgehead atoms. The van der Waals surface area contributed by atoms with Gasteiger partial charge in [-0.1, -0.05) is 23.9 Å². The van der Waals surface area contributed by atoms with Crippen molar-refractivity contribution in [2.45, 2.75) is 13.3 Å². The summed E-state index contributed by atoms with van der Waals surface area (Å²) in [6.07, 6.45) is 2.90. The van der Waals surface area contributed by atoms with E-state index in [9.17, 15) is 14.4 Å². The number of carbonyl (C=O) groups is 3. The molecule has 0 spiro atoms. The monoisotopic (exact) mass is 432 g/mol. The number of nitrogens with one attached hydrogen (secondary N) is 1. The molecule has 2 N–H and O–H groups in total. The van der Waals surface area contributed by atoms with E-state index in [0.29, 0.717) is 27.5 Å². The number of benzene rings is 1. The number of thiocarbonyl (C=S) groups is 1. The first-order valence-corrected chi connectivity index (χ1v) is 9.65. The molecule has 1 aliphatic rings. The molecule has 0 unspecified atom stereocenters. The van der Waals surface area contributed by atoms with Gasteiger partial charge in [0.05, 0.1) is 29.8 Å². The van der Waals surface area contributed by atoms with Gasteiger partial charge >= 0.3 is 5.97 Å². The molecule has 3 rings (SSSR count). The molecule has 0 aliphatic carbocycles. The largest absolute Gasteiger partial charge is 0.493 e. The summed E-state index contributed by atoms with van der Waals surface area (Å²) in [5.41, 5.74) is 3.48. The van der Waals surface area contributed by atoms with Crippen LogP contribution in [-0.2, 0) is 9.59 Å². The van der Waals surface area contributed by atoms with Crippen molar-refractivity contribution in [3.63, 3.8) is 0 Å². The quantitative estimate of drug-likeness (QED) is 0.508. The number of rotatable bonds is 7. The number of aliphatic carboxylic acids is 1. The third kappa shape index (κ3) is 5.04. The average molecular weight is 432 g/mol. The Balaban J connectivity index is 1.70. The molecule has 2 aromatic rings. The number of hydrogen-bond acceptors (Lipinski definition) is 7. The van der Waals surface area contributed by atoms with E-state index in [1.807, 2.05) is 0 Å². The second-order valence-corrected chi connectivity index (χ2v) is 7.59. The van der Waals surface area contributed by atoms with E-state index in [2.05, 4.69) is 5.43 Å². The summed E-state index contributed by atoms with van der Waals surface area (Å²) in [4.78, 5) is 35.9. The summed E-state index contributed by atoms with van der Waals surface area (Å²) in [6.45, 7) is 1.69. The van der Waals surface area contributed by atoms with Gasteiger partial charge < -0.3 is 14.3 Å². The van der Waals surface area contributed by atoms with Crippen LogP contribution in [0.2, 0.25) is 0 Å². The standard InChI is InChI=1S/C19H16N2O6S2/c1-11-14(5-7-26-11)17(24)20-21-18(25)15(29-19(21)28)10-12-3-2-4-13(9-12)27-8-6-16(22)23/h2-5,7,9-10H,6,8H2,1H3,(H,20,24)(H,22,23)/b15-10+. The van der Waals surface area contributed by atoms with Gasteiger partial charge in [-0.3, -0.25) is 19.8 Å². The van der Waals surface area contributed by atoms with E-state index in [1.165, 1.54) is 12.3 Å².